The Morgan fingerprint density at radius 1 is 1.04 bits per heavy atom. The zero-order valence-corrected chi connectivity index (χ0v) is 14.0. The molecule has 0 bridgehead atoms. The third-order valence-electron chi connectivity index (χ3n) is 3.82. The fourth-order valence-corrected chi connectivity index (χ4v) is 2.49. The molecule has 4 N–H and O–H groups in total. The minimum Gasteiger partial charge on any atom is -0.459 e. The molecule has 0 saturated heterocycles. The molecule has 0 aliphatic heterocycles. The van der Waals surface area contributed by atoms with Gasteiger partial charge in [-0.2, -0.15) is 4.98 Å². The van der Waals surface area contributed by atoms with Crippen molar-refractivity contribution in [2.75, 3.05) is 11.2 Å². The van der Waals surface area contributed by atoms with E-state index in [1.165, 1.54) is 18.7 Å². The number of carbonyl (C=O) groups excluding carboxylic acids is 1. The Hall–Kier alpha value is -4.07. The van der Waals surface area contributed by atoms with E-state index in [4.69, 9.17) is 14.9 Å². The van der Waals surface area contributed by atoms with E-state index in [-0.39, 0.29) is 23.1 Å². The monoisotopic (exact) mass is 361 g/mol. The maximum Gasteiger partial charge on any atom is 0.305 e. The van der Waals surface area contributed by atoms with Gasteiger partial charge in [-0.25, -0.2) is 4.98 Å². The molecule has 2 heterocycles. The number of furan rings is 1. The van der Waals surface area contributed by atoms with Gasteiger partial charge in [0.2, 0.25) is 5.88 Å². The van der Waals surface area contributed by atoms with Gasteiger partial charge < -0.3 is 14.9 Å². The van der Waals surface area contributed by atoms with Crippen LogP contribution in [-0.4, -0.2) is 15.9 Å². The second-order valence-corrected chi connectivity index (χ2v) is 5.61. The molecule has 0 spiro atoms. The van der Waals surface area contributed by atoms with Crippen LogP contribution in [0.25, 0.3) is 10.8 Å². The van der Waals surface area contributed by atoms with Gasteiger partial charge in [-0.05, 0) is 35.0 Å². The zero-order chi connectivity index (χ0) is 18.6. The molecule has 4 aromatic rings. The predicted molar refractivity (Wildman–Crippen MR) is 100 cm³/mol. The lowest BCUT2D eigenvalue weighted by Gasteiger charge is -2.12. The van der Waals surface area contributed by atoms with E-state index in [2.05, 4.69) is 20.8 Å². The number of carbonyl (C=O) groups is 1. The van der Waals surface area contributed by atoms with Crippen molar-refractivity contribution in [2.24, 2.45) is 0 Å². The number of nitrogens with two attached hydrogens (primary N) is 1. The number of aromatic nitrogens is 2. The number of nitrogens with one attached hydrogen (secondary N) is 2. The van der Waals surface area contributed by atoms with Gasteiger partial charge in [0.25, 0.3) is 0 Å². The highest BCUT2D eigenvalue weighted by Crippen LogP contribution is 2.30. The SMILES string of the molecule is Nc1c(NNC(=O)c2ccco2)ncnc1Oc1ccc2ccccc2c1. The molecular weight excluding hydrogens is 346 g/mol. The summed E-state index contributed by atoms with van der Waals surface area (Å²) in [5.41, 5.74) is 11.3. The summed E-state index contributed by atoms with van der Waals surface area (Å²) < 4.78 is 10.8. The highest BCUT2D eigenvalue weighted by molar-refractivity contribution is 5.92. The van der Waals surface area contributed by atoms with Crippen LogP contribution in [0, 0.1) is 0 Å². The molecule has 0 radical (unpaired) electrons. The van der Waals surface area contributed by atoms with Gasteiger partial charge in [-0.3, -0.25) is 15.6 Å². The summed E-state index contributed by atoms with van der Waals surface area (Å²) in [6, 6.07) is 16.8. The summed E-state index contributed by atoms with van der Waals surface area (Å²) in [5.74, 6) is 0.665. The molecule has 0 unspecified atom stereocenters. The molecule has 0 aliphatic rings. The highest BCUT2D eigenvalue weighted by Gasteiger charge is 2.13. The summed E-state index contributed by atoms with van der Waals surface area (Å²) in [7, 11) is 0. The van der Waals surface area contributed by atoms with E-state index >= 15 is 0 Å². The first-order valence-corrected chi connectivity index (χ1v) is 8.08. The van der Waals surface area contributed by atoms with E-state index in [0.717, 1.165) is 10.8 Å². The van der Waals surface area contributed by atoms with Crippen molar-refractivity contribution < 1.29 is 13.9 Å². The number of hydrazine groups is 1. The Kier molecular flexibility index (Phi) is 4.28. The number of ether oxygens (including phenoxy) is 1. The van der Waals surface area contributed by atoms with E-state index in [1.54, 1.807) is 6.07 Å². The van der Waals surface area contributed by atoms with Crippen LogP contribution in [0.4, 0.5) is 11.5 Å². The van der Waals surface area contributed by atoms with Gasteiger partial charge in [0.1, 0.15) is 17.8 Å². The van der Waals surface area contributed by atoms with Gasteiger partial charge in [-0.1, -0.05) is 30.3 Å². The van der Waals surface area contributed by atoms with Crippen molar-refractivity contribution in [3.05, 3.63) is 72.9 Å². The molecule has 0 saturated carbocycles. The molecule has 0 aliphatic carbocycles. The number of nitrogens with zero attached hydrogens (tertiary/aromatic N) is 2. The molecule has 1 amide bonds. The van der Waals surface area contributed by atoms with Gasteiger partial charge in [-0.15, -0.1) is 0 Å². The second kappa shape index (κ2) is 7.04. The molecule has 8 nitrogen and oxygen atoms in total. The molecule has 2 aromatic carbocycles. The number of anilines is 2. The molecule has 2 aromatic heterocycles. The van der Waals surface area contributed by atoms with Crippen molar-refractivity contribution in [2.45, 2.75) is 0 Å². The third kappa shape index (κ3) is 3.49. The third-order valence-corrected chi connectivity index (χ3v) is 3.82. The average molecular weight is 361 g/mol. The number of fused-ring (bicyclic) bond motifs is 1. The lowest BCUT2D eigenvalue weighted by molar-refractivity contribution is 0.0935. The van der Waals surface area contributed by atoms with Crippen molar-refractivity contribution in [1.29, 1.82) is 0 Å². The lowest BCUT2D eigenvalue weighted by atomic mass is 10.1. The van der Waals surface area contributed by atoms with Crippen LogP contribution in [0.2, 0.25) is 0 Å². The first-order valence-electron chi connectivity index (χ1n) is 8.08. The Morgan fingerprint density at radius 2 is 1.89 bits per heavy atom. The van der Waals surface area contributed by atoms with Crippen molar-refractivity contribution in [3.8, 4) is 11.6 Å². The molecule has 0 fully saturated rings. The van der Waals surface area contributed by atoms with Gasteiger partial charge >= 0.3 is 5.91 Å². The predicted octanol–water partition coefficient (Wildman–Crippen LogP) is 3.35. The second-order valence-electron chi connectivity index (χ2n) is 5.61. The van der Waals surface area contributed by atoms with Gasteiger partial charge in [0, 0.05) is 0 Å². The van der Waals surface area contributed by atoms with E-state index < -0.39 is 5.91 Å². The number of benzene rings is 2. The fraction of sp³-hybridized carbons (Fsp3) is 0. The number of nitrogen functional groups attached to an aromatic ring is 1. The Bertz CT molecular complexity index is 1100. The maximum atomic E-state index is 11.9. The molecule has 4 rings (SSSR count). The largest absolute Gasteiger partial charge is 0.459 e. The summed E-state index contributed by atoms with van der Waals surface area (Å²) >= 11 is 0. The topological polar surface area (TPSA) is 115 Å². The number of hydrogen-bond donors (Lipinski definition) is 3. The number of amides is 1. The summed E-state index contributed by atoms with van der Waals surface area (Å²) in [5, 5.41) is 2.13. The van der Waals surface area contributed by atoms with Crippen LogP contribution in [0.3, 0.4) is 0 Å². The van der Waals surface area contributed by atoms with Crippen LogP contribution in [-0.2, 0) is 0 Å². The van der Waals surface area contributed by atoms with E-state index in [9.17, 15) is 4.79 Å². The summed E-state index contributed by atoms with van der Waals surface area (Å²) in [6.07, 6.45) is 2.69. The highest BCUT2D eigenvalue weighted by atomic mass is 16.5. The summed E-state index contributed by atoms with van der Waals surface area (Å²) in [4.78, 5) is 20.0. The smallest absolute Gasteiger partial charge is 0.305 e. The van der Waals surface area contributed by atoms with Crippen LogP contribution >= 0.6 is 0 Å². The van der Waals surface area contributed by atoms with E-state index in [1.807, 2.05) is 42.5 Å². The molecule has 0 atom stereocenters. The van der Waals surface area contributed by atoms with Crippen LogP contribution in [0.5, 0.6) is 11.6 Å². The van der Waals surface area contributed by atoms with Crippen LogP contribution < -0.4 is 21.3 Å². The van der Waals surface area contributed by atoms with Gasteiger partial charge in [0.15, 0.2) is 11.6 Å². The standard InChI is InChI=1S/C19H15N5O3/c20-16-17(23-24-18(25)15-6-3-9-26-15)21-11-22-19(16)27-14-8-7-12-4-1-2-5-13(12)10-14/h1-11H,20H2,(H,24,25)(H,21,22,23). The van der Waals surface area contributed by atoms with Crippen LogP contribution in [0.15, 0.2) is 71.6 Å². The Balaban J connectivity index is 1.51. The van der Waals surface area contributed by atoms with Crippen LogP contribution in [0.1, 0.15) is 10.6 Å². The molecule has 134 valence electrons. The first-order chi connectivity index (χ1) is 13.2. The average Bonchev–Trinajstić information content (AvgIpc) is 3.23. The molecular formula is C19H15N5O3. The van der Waals surface area contributed by atoms with Gasteiger partial charge in [0.05, 0.1) is 6.26 Å². The maximum absolute atomic E-state index is 11.9. The quantitative estimate of drug-likeness (QED) is 0.467. The minimum absolute atomic E-state index is 0.155. The first kappa shape index (κ1) is 16.4. The number of rotatable bonds is 5. The van der Waals surface area contributed by atoms with Crippen molar-refractivity contribution >= 4 is 28.2 Å². The van der Waals surface area contributed by atoms with Crippen molar-refractivity contribution in [3.63, 3.8) is 0 Å². The van der Waals surface area contributed by atoms with E-state index in [0.29, 0.717) is 5.75 Å². The number of hydrogen-bond acceptors (Lipinski definition) is 7. The fourth-order valence-electron chi connectivity index (χ4n) is 2.49. The lowest BCUT2D eigenvalue weighted by Crippen LogP contribution is -2.30. The normalized spacial score (nSPS) is 10.5. The zero-order valence-electron chi connectivity index (χ0n) is 14.0. The molecule has 27 heavy (non-hydrogen) atoms. The molecule has 8 heteroatoms. The summed E-state index contributed by atoms with van der Waals surface area (Å²) in [6.45, 7) is 0. The minimum atomic E-state index is -0.463. The Labute approximate surface area is 154 Å². The van der Waals surface area contributed by atoms with Crippen molar-refractivity contribution in [1.82, 2.24) is 15.4 Å². The Morgan fingerprint density at radius 3 is 2.70 bits per heavy atom.